The lowest BCUT2D eigenvalue weighted by Crippen LogP contribution is -2.11. The zero-order valence-corrected chi connectivity index (χ0v) is 22.7. The maximum atomic E-state index is 12.3. The van der Waals surface area contributed by atoms with E-state index in [2.05, 4.69) is 54.7 Å². The number of nitrogens with one attached hydrogen (secondary N) is 1. The third kappa shape index (κ3) is 6.40. The predicted molar refractivity (Wildman–Crippen MR) is 159 cm³/mol. The van der Waals surface area contributed by atoms with Gasteiger partial charge in [-0.1, -0.05) is 99.1 Å². The van der Waals surface area contributed by atoms with Gasteiger partial charge in [-0.2, -0.15) is 0 Å². The van der Waals surface area contributed by atoms with Gasteiger partial charge in [0, 0.05) is 30.2 Å². The summed E-state index contributed by atoms with van der Waals surface area (Å²) in [5.41, 5.74) is 7.37. The summed E-state index contributed by atoms with van der Waals surface area (Å²) in [6.45, 7) is 4.49. The van der Waals surface area contributed by atoms with E-state index in [4.69, 9.17) is 9.15 Å². The molecule has 4 aromatic carbocycles. The van der Waals surface area contributed by atoms with Gasteiger partial charge in [-0.05, 0) is 46.9 Å². The molecule has 39 heavy (non-hydrogen) atoms. The van der Waals surface area contributed by atoms with E-state index in [1.54, 1.807) is 0 Å². The molecule has 0 atom stereocenters. The summed E-state index contributed by atoms with van der Waals surface area (Å²) in [6, 6.07) is 33.0. The number of ether oxygens (including phenoxy) is 1. The number of aryl methyl sites for hydroxylation is 1. The average Bonchev–Trinajstić information content (AvgIpc) is 3.33. The van der Waals surface area contributed by atoms with Crippen LogP contribution in [-0.4, -0.2) is 5.91 Å². The first-order chi connectivity index (χ1) is 19.1. The Bertz CT molecular complexity index is 1530. The van der Waals surface area contributed by atoms with Gasteiger partial charge < -0.3 is 14.5 Å². The van der Waals surface area contributed by atoms with Gasteiger partial charge in [0.15, 0.2) is 0 Å². The SMILES string of the molecule is CCCCc1oc2ccccc2c1Cc1ccc(-c2ccc(OCc3ccccc3)c(NC(=O)CC)c2)cc1. The van der Waals surface area contributed by atoms with Crippen LogP contribution in [0.5, 0.6) is 5.75 Å². The molecule has 5 aromatic rings. The number of carbonyl (C=O) groups excluding carboxylic acids is 1. The van der Waals surface area contributed by atoms with E-state index in [0.29, 0.717) is 24.5 Å². The fourth-order valence-electron chi connectivity index (χ4n) is 4.81. The standard InChI is InChI=1S/C35H35NO3/c1-3-5-14-33-30(29-13-9-10-15-32(29)39-33)22-25-16-18-27(19-17-25)28-20-21-34(31(23-28)36-35(37)4-2)38-24-26-11-7-6-8-12-26/h6-13,15-21,23H,3-5,14,22,24H2,1-2H3,(H,36,37). The molecule has 0 saturated carbocycles. The monoisotopic (exact) mass is 517 g/mol. The van der Waals surface area contributed by atoms with Crippen molar-refractivity contribution in [2.24, 2.45) is 0 Å². The molecule has 0 fully saturated rings. The van der Waals surface area contributed by atoms with Gasteiger partial charge in [0.25, 0.3) is 0 Å². The molecule has 1 aromatic heterocycles. The molecule has 4 heteroatoms. The summed E-state index contributed by atoms with van der Waals surface area (Å²) in [7, 11) is 0. The van der Waals surface area contributed by atoms with Crippen LogP contribution in [0.1, 0.15) is 55.6 Å². The van der Waals surface area contributed by atoms with E-state index < -0.39 is 0 Å². The predicted octanol–water partition coefficient (Wildman–Crippen LogP) is 8.96. The van der Waals surface area contributed by atoms with Crippen LogP contribution in [-0.2, 0) is 24.2 Å². The summed E-state index contributed by atoms with van der Waals surface area (Å²) in [5.74, 6) is 1.72. The van der Waals surface area contributed by atoms with Gasteiger partial charge >= 0.3 is 0 Å². The summed E-state index contributed by atoms with van der Waals surface area (Å²) in [4.78, 5) is 12.3. The van der Waals surface area contributed by atoms with Crippen molar-refractivity contribution in [3.8, 4) is 16.9 Å². The molecule has 0 aliphatic carbocycles. The number of hydrogen-bond acceptors (Lipinski definition) is 3. The van der Waals surface area contributed by atoms with Crippen LogP contribution < -0.4 is 10.1 Å². The van der Waals surface area contributed by atoms with Crippen LogP contribution in [0.25, 0.3) is 22.1 Å². The van der Waals surface area contributed by atoms with Crippen molar-refractivity contribution in [2.75, 3.05) is 5.32 Å². The molecule has 0 aliphatic heterocycles. The number of unbranched alkanes of at least 4 members (excludes halogenated alkanes) is 1. The Balaban J connectivity index is 1.37. The number of para-hydroxylation sites is 1. The molecule has 0 aliphatic rings. The first-order valence-corrected chi connectivity index (χ1v) is 13.8. The van der Waals surface area contributed by atoms with Crippen molar-refractivity contribution in [1.82, 2.24) is 0 Å². The second-order valence-electron chi connectivity index (χ2n) is 9.86. The summed E-state index contributed by atoms with van der Waals surface area (Å²) >= 11 is 0. The van der Waals surface area contributed by atoms with E-state index in [0.717, 1.165) is 53.7 Å². The highest BCUT2D eigenvalue weighted by Gasteiger charge is 2.15. The molecule has 4 nitrogen and oxygen atoms in total. The highest BCUT2D eigenvalue weighted by Crippen LogP contribution is 2.33. The Morgan fingerprint density at radius 3 is 2.33 bits per heavy atom. The van der Waals surface area contributed by atoms with E-state index in [9.17, 15) is 4.79 Å². The molecule has 0 radical (unpaired) electrons. The Kier molecular flexibility index (Phi) is 8.42. The number of fused-ring (bicyclic) bond motifs is 1. The minimum atomic E-state index is -0.0433. The fourth-order valence-corrected chi connectivity index (χ4v) is 4.81. The van der Waals surface area contributed by atoms with E-state index in [1.165, 1.54) is 16.5 Å². The van der Waals surface area contributed by atoms with Crippen molar-refractivity contribution in [2.45, 2.75) is 52.6 Å². The van der Waals surface area contributed by atoms with Gasteiger partial charge in [0.2, 0.25) is 5.91 Å². The van der Waals surface area contributed by atoms with E-state index in [1.807, 2.05) is 61.5 Å². The minimum absolute atomic E-state index is 0.0433. The zero-order chi connectivity index (χ0) is 27.0. The van der Waals surface area contributed by atoms with Gasteiger partial charge in [-0.15, -0.1) is 0 Å². The lowest BCUT2D eigenvalue weighted by atomic mass is 9.97. The number of carbonyl (C=O) groups is 1. The molecule has 1 heterocycles. The lowest BCUT2D eigenvalue weighted by molar-refractivity contribution is -0.115. The quantitative estimate of drug-likeness (QED) is 0.190. The van der Waals surface area contributed by atoms with Crippen LogP contribution in [0.15, 0.2) is 101 Å². The molecule has 0 unspecified atom stereocenters. The van der Waals surface area contributed by atoms with Crippen molar-refractivity contribution in [3.05, 3.63) is 120 Å². The van der Waals surface area contributed by atoms with Gasteiger partial charge in [-0.25, -0.2) is 0 Å². The third-order valence-electron chi connectivity index (χ3n) is 7.02. The van der Waals surface area contributed by atoms with Gasteiger partial charge in [0.1, 0.15) is 23.7 Å². The molecular weight excluding hydrogens is 482 g/mol. The molecule has 0 saturated heterocycles. The smallest absolute Gasteiger partial charge is 0.224 e. The number of anilines is 1. The summed E-state index contributed by atoms with van der Waals surface area (Å²) < 4.78 is 12.3. The minimum Gasteiger partial charge on any atom is -0.487 e. The fraction of sp³-hybridized carbons (Fsp3) is 0.229. The maximum Gasteiger partial charge on any atom is 0.224 e. The number of rotatable bonds is 11. The number of amides is 1. The first kappa shape index (κ1) is 26.3. The summed E-state index contributed by atoms with van der Waals surface area (Å²) in [5, 5.41) is 4.22. The molecule has 0 bridgehead atoms. The first-order valence-electron chi connectivity index (χ1n) is 13.8. The van der Waals surface area contributed by atoms with Crippen LogP contribution in [0.4, 0.5) is 5.69 Å². The van der Waals surface area contributed by atoms with Crippen molar-refractivity contribution in [1.29, 1.82) is 0 Å². The Morgan fingerprint density at radius 2 is 1.56 bits per heavy atom. The third-order valence-corrected chi connectivity index (χ3v) is 7.02. The van der Waals surface area contributed by atoms with Crippen LogP contribution >= 0.6 is 0 Å². The van der Waals surface area contributed by atoms with Crippen LogP contribution in [0.2, 0.25) is 0 Å². The van der Waals surface area contributed by atoms with Crippen molar-refractivity contribution >= 4 is 22.6 Å². The Morgan fingerprint density at radius 1 is 0.821 bits per heavy atom. The molecule has 0 spiro atoms. The molecule has 1 amide bonds. The largest absolute Gasteiger partial charge is 0.487 e. The van der Waals surface area contributed by atoms with Gasteiger partial charge in [-0.3, -0.25) is 4.79 Å². The molecule has 1 N–H and O–H groups in total. The average molecular weight is 518 g/mol. The second-order valence-corrected chi connectivity index (χ2v) is 9.86. The van der Waals surface area contributed by atoms with Crippen LogP contribution in [0.3, 0.4) is 0 Å². The second kappa shape index (κ2) is 12.5. The lowest BCUT2D eigenvalue weighted by Gasteiger charge is -2.14. The Labute approximate surface area is 230 Å². The van der Waals surface area contributed by atoms with E-state index >= 15 is 0 Å². The molecule has 5 rings (SSSR count). The van der Waals surface area contributed by atoms with Gasteiger partial charge in [0.05, 0.1) is 5.69 Å². The normalized spacial score (nSPS) is 11.0. The summed E-state index contributed by atoms with van der Waals surface area (Å²) in [6.07, 6.45) is 4.46. The zero-order valence-electron chi connectivity index (χ0n) is 22.7. The highest BCUT2D eigenvalue weighted by molar-refractivity contribution is 5.93. The topological polar surface area (TPSA) is 51.5 Å². The van der Waals surface area contributed by atoms with E-state index in [-0.39, 0.29) is 5.91 Å². The van der Waals surface area contributed by atoms with Crippen molar-refractivity contribution in [3.63, 3.8) is 0 Å². The number of furan rings is 1. The molecular formula is C35H35NO3. The highest BCUT2D eigenvalue weighted by atomic mass is 16.5. The number of hydrogen-bond donors (Lipinski definition) is 1. The number of benzene rings is 4. The van der Waals surface area contributed by atoms with Crippen molar-refractivity contribution < 1.29 is 13.9 Å². The van der Waals surface area contributed by atoms with Crippen LogP contribution in [0, 0.1) is 0 Å². The molecule has 198 valence electrons. The Hall–Kier alpha value is -4.31. The maximum absolute atomic E-state index is 12.3.